The lowest BCUT2D eigenvalue weighted by Gasteiger charge is -2.13. The summed E-state index contributed by atoms with van der Waals surface area (Å²) in [7, 11) is 4.29. The molecule has 1 atom stereocenters. The molecule has 0 amide bonds. The first-order chi connectivity index (χ1) is 14.8. The van der Waals surface area contributed by atoms with Crippen LogP contribution in [0.5, 0.6) is 0 Å². The third kappa shape index (κ3) is 24.9. The number of rotatable bonds is 26. The lowest BCUT2D eigenvalue weighted by molar-refractivity contribution is 0.282. The van der Waals surface area contributed by atoms with Crippen LogP contribution in [-0.2, 0) is 0 Å². The van der Waals surface area contributed by atoms with Gasteiger partial charge in [0.05, 0.1) is 0 Å². The van der Waals surface area contributed by atoms with Crippen molar-refractivity contribution in [2.75, 3.05) is 19.0 Å². The van der Waals surface area contributed by atoms with Crippen LogP contribution in [0.2, 0.25) is 0 Å². The summed E-state index contributed by atoms with van der Waals surface area (Å²) in [5.41, 5.74) is 0. The van der Waals surface area contributed by atoms with Crippen molar-refractivity contribution < 1.29 is 10.2 Å². The fourth-order valence-electron chi connectivity index (χ4n) is 3.87. The summed E-state index contributed by atoms with van der Waals surface area (Å²) in [6, 6.07) is 0. The minimum absolute atomic E-state index is 0.364. The largest absolute Gasteiger partial charge is 0.396 e. The molecule has 0 aliphatic carbocycles. The molecule has 1 unspecified atom stereocenters. The smallest absolute Gasteiger partial charge is 0.0431 e. The Morgan fingerprint density at radius 2 is 0.867 bits per heavy atom. The van der Waals surface area contributed by atoms with E-state index in [1.54, 1.807) is 0 Å². The van der Waals surface area contributed by atoms with Crippen LogP contribution in [0.1, 0.15) is 142 Å². The van der Waals surface area contributed by atoms with E-state index in [1.165, 1.54) is 128 Å². The monoisotopic (exact) mass is 462 g/mol. The lowest BCUT2D eigenvalue weighted by atomic mass is 10.1. The molecular weight excluding hydrogens is 408 g/mol. The first kappa shape index (κ1) is 30.6. The van der Waals surface area contributed by atoms with Gasteiger partial charge in [0.2, 0.25) is 0 Å². The second-order valence-corrected chi connectivity index (χ2v) is 11.7. The molecule has 0 rings (SSSR count). The van der Waals surface area contributed by atoms with E-state index in [0.717, 1.165) is 18.1 Å². The van der Waals surface area contributed by atoms with E-state index < -0.39 is 0 Å². The highest BCUT2D eigenvalue weighted by molar-refractivity contribution is 8.76. The fourth-order valence-corrected chi connectivity index (χ4v) is 6.80. The maximum absolute atomic E-state index is 8.78. The molecule has 0 radical (unpaired) electrons. The molecule has 0 aromatic carbocycles. The zero-order valence-corrected chi connectivity index (χ0v) is 21.9. The van der Waals surface area contributed by atoms with Gasteiger partial charge in [0.15, 0.2) is 0 Å². The number of aliphatic hydroxyl groups is 2. The fraction of sp³-hybridized carbons (Fsp3) is 1.00. The SMILES string of the molecule is CCC(CCCCCCCCCCCO)SSCCCCCCCCCCCCO. The molecule has 0 fully saturated rings. The van der Waals surface area contributed by atoms with Crippen LogP contribution < -0.4 is 0 Å². The van der Waals surface area contributed by atoms with Gasteiger partial charge in [-0.05, 0) is 32.1 Å². The van der Waals surface area contributed by atoms with Crippen LogP contribution in [0, 0.1) is 0 Å². The van der Waals surface area contributed by atoms with Crippen molar-refractivity contribution in [3.63, 3.8) is 0 Å². The number of aliphatic hydroxyl groups excluding tert-OH is 2. The Hall–Kier alpha value is 0.620. The Morgan fingerprint density at radius 1 is 0.500 bits per heavy atom. The maximum Gasteiger partial charge on any atom is 0.0431 e. The molecule has 0 spiro atoms. The number of hydrogen-bond donors (Lipinski definition) is 2. The molecule has 0 saturated carbocycles. The molecule has 30 heavy (non-hydrogen) atoms. The van der Waals surface area contributed by atoms with Gasteiger partial charge in [0.1, 0.15) is 0 Å². The van der Waals surface area contributed by atoms with Gasteiger partial charge in [0, 0.05) is 24.2 Å². The summed E-state index contributed by atoms with van der Waals surface area (Å²) in [6.45, 7) is 3.08. The van der Waals surface area contributed by atoms with Crippen molar-refractivity contribution in [1.29, 1.82) is 0 Å². The predicted octanol–water partition coefficient (Wildman–Crippen LogP) is 8.93. The van der Waals surface area contributed by atoms with E-state index in [9.17, 15) is 0 Å². The van der Waals surface area contributed by atoms with E-state index in [-0.39, 0.29) is 0 Å². The Labute approximate surface area is 197 Å². The summed E-state index contributed by atoms with van der Waals surface area (Å²) in [5, 5.41) is 18.4. The normalized spacial score (nSPS) is 12.5. The maximum atomic E-state index is 8.78. The average Bonchev–Trinajstić information content (AvgIpc) is 2.76. The topological polar surface area (TPSA) is 40.5 Å². The highest BCUT2D eigenvalue weighted by atomic mass is 33.1. The molecule has 2 N–H and O–H groups in total. The summed E-state index contributed by atoms with van der Waals surface area (Å²) in [4.78, 5) is 0. The van der Waals surface area contributed by atoms with Crippen LogP contribution in [-0.4, -0.2) is 34.4 Å². The van der Waals surface area contributed by atoms with Crippen molar-refractivity contribution >= 4 is 21.6 Å². The molecule has 2 nitrogen and oxygen atoms in total. The summed E-state index contributed by atoms with van der Waals surface area (Å²) in [5.74, 6) is 1.33. The Morgan fingerprint density at radius 3 is 1.27 bits per heavy atom. The third-order valence-corrected chi connectivity index (χ3v) is 9.14. The van der Waals surface area contributed by atoms with Crippen molar-refractivity contribution in [2.24, 2.45) is 0 Å². The van der Waals surface area contributed by atoms with Crippen LogP contribution in [0.25, 0.3) is 0 Å². The second kappa shape index (κ2) is 27.7. The minimum atomic E-state index is 0.364. The second-order valence-electron chi connectivity index (χ2n) is 8.90. The summed E-state index contributed by atoms with van der Waals surface area (Å²) < 4.78 is 0. The van der Waals surface area contributed by atoms with Crippen LogP contribution in [0.3, 0.4) is 0 Å². The summed E-state index contributed by atoms with van der Waals surface area (Å²) in [6.07, 6.45) is 27.9. The Balaban J connectivity index is 3.26. The Bertz CT molecular complexity index is 303. The molecule has 0 heterocycles. The zero-order chi connectivity index (χ0) is 22.0. The zero-order valence-electron chi connectivity index (χ0n) is 20.3. The number of hydrogen-bond acceptors (Lipinski definition) is 4. The highest BCUT2D eigenvalue weighted by Gasteiger charge is 2.07. The van der Waals surface area contributed by atoms with Crippen molar-refractivity contribution in [3.05, 3.63) is 0 Å². The first-order valence-corrected chi connectivity index (χ1v) is 15.7. The van der Waals surface area contributed by atoms with Gasteiger partial charge < -0.3 is 10.2 Å². The van der Waals surface area contributed by atoms with Crippen molar-refractivity contribution in [2.45, 2.75) is 147 Å². The quantitative estimate of drug-likeness (QED) is 0.0994. The molecule has 182 valence electrons. The van der Waals surface area contributed by atoms with E-state index in [0.29, 0.717) is 13.2 Å². The Kier molecular flexibility index (Phi) is 28.2. The molecule has 0 aliphatic heterocycles. The van der Waals surface area contributed by atoms with Gasteiger partial charge in [-0.25, -0.2) is 0 Å². The predicted molar refractivity (Wildman–Crippen MR) is 141 cm³/mol. The van der Waals surface area contributed by atoms with Gasteiger partial charge in [-0.2, -0.15) is 0 Å². The van der Waals surface area contributed by atoms with Gasteiger partial charge in [0.25, 0.3) is 0 Å². The summed E-state index contributed by atoms with van der Waals surface area (Å²) >= 11 is 0. The number of unbranched alkanes of at least 4 members (excludes halogenated alkanes) is 17. The molecule has 0 aliphatic rings. The van der Waals surface area contributed by atoms with Gasteiger partial charge >= 0.3 is 0 Å². The van der Waals surface area contributed by atoms with E-state index in [4.69, 9.17) is 10.2 Å². The van der Waals surface area contributed by atoms with Crippen LogP contribution in [0.4, 0.5) is 0 Å². The van der Waals surface area contributed by atoms with Crippen molar-refractivity contribution in [3.8, 4) is 0 Å². The van der Waals surface area contributed by atoms with E-state index >= 15 is 0 Å². The van der Waals surface area contributed by atoms with Crippen LogP contribution in [0.15, 0.2) is 0 Å². The lowest BCUT2D eigenvalue weighted by Crippen LogP contribution is -1.99. The molecule has 0 bridgehead atoms. The minimum Gasteiger partial charge on any atom is -0.396 e. The van der Waals surface area contributed by atoms with Crippen molar-refractivity contribution in [1.82, 2.24) is 0 Å². The van der Waals surface area contributed by atoms with Gasteiger partial charge in [-0.15, -0.1) is 0 Å². The van der Waals surface area contributed by atoms with E-state index in [2.05, 4.69) is 28.5 Å². The highest BCUT2D eigenvalue weighted by Crippen LogP contribution is 2.33. The van der Waals surface area contributed by atoms with E-state index in [1.807, 2.05) is 0 Å². The molecule has 0 saturated heterocycles. The average molecular weight is 463 g/mol. The molecule has 4 heteroatoms. The molecule has 0 aromatic rings. The van der Waals surface area contributed by atoms with Gasteiger partial charge in [-0.3, -0.25) is 0 Å². The molecule has 0 aromatic heterocycles. The molecular formula is C26H54O2S2. The standard InChI is InChI=1S/C26H54O2S2/c1-2-26(22-18-14-10-6-5-8-12-16-20-24-28)30-29-25-21-17-13-9-4-3-7-11-15-19-23-27/h26-28H,2-25H2,1H3. The van der Waals surface area contributed by atoms with Crippen LogP contribution >= 0.6 is 21.6 Å². The third-order valence-electron chi connectivity index (χ3n) is 5.98. The van der Waals surface area contributed by atoms with Gasteiger partial charge in [-0.1, -0.05) is 131 Å². The first-order valence-electron chi connectivity index (χ1n) is 13.3.